The summed E-state index contributed by atoms with van der Waals surface area (Å²) < 4.78 is 24.2. The van der Waals surface area contributed by atoms with Crippen molar-refractivity contribution in [2.45, 2.75) is 11.1 Å². The maximum Gasteiger partial charge on any atom is 0.255 e. The molecule has 0 radical (unpaired) electrons. The van der Waals surface area contributed by atoms with Gasteiger partial charge in [-0.25, -0.2) is 12.7 Å². The first-order valence-corrected chi connectivity index (χ1v) is 5.89. The summed E-state index contributed by atoms with van der Waals surface area (Å²) in [6.45, 7) is 1.67. The van der Waals surface area contributed by atoms with Gasteiger partial charge >= 0.3 is 0 Å². The Morgan fingerprint density at radius 3 is 2.31 bits per heavy atom. The van der Waals surface area contributed by atoms with Crippen molar-refractivity contribution in [1.29, 1.82) is 0 Å². The number of hydrogen-bond acceptors (Lipinski definition) is 4. The van der Waals surface area contributed by atoms with Gasteiger partial charge in [0.05, 0.1) is 0 Å². The second kappa shape index (κ2) is 3.28. The van der Waals surface area contributed by atoms with Crippen molar-refractivity contribution in [2.24, 2.45) is 0 Å². The van der Waals surface area contributed by atoms with E-state index in [1.165, 1.54) is 14.1 Å². The largest absolute Gasteiger partial charge is 0.505 e. The molecule has 1 heterocycles. The number of sulfonamides is 1. The molecule has 0 amide bonds. The normalized spacial score (nSPS) is 12.3. The molecule has 74 valence electrons. The lowest BCUT2D eigenvalue weighted by atomic mass is 10.4. The van der Waals surface area contributed by atoms with Gasteiger partial charge in [0.15, 0.2) is 4.21 Å². The first kappa shape index (κ1) is 10.5. The molecule has 0 aromatic carbocycles. The van der Waals surface area contributed by atoms with Crippen LogP contribution in [0.3, 0.4) is 0 Å². The minimum atomic E-state index is -3.48. The molecule has 0 aliphatic heterocycles. The van der Waals surface area contributed by atoms with E-state index in [0.717, 1.165) is 15.6 Å². The molecule has 1 rings (SSSR count). The Morgan fingerprint density at radius 2 is 2.00 bits per heavy atom. The summed E-state index contributed by atoms with van der Waals surface area (Å²) in [5.41, 5.74) is 0.588. The van der Waals surface area contributed by atoms with Gasteiger partial charge in [0, 0.05) is 19.7 Å². The molecule has 1 aromatic heterocycles. The molecule has 0 saturated heterocycles. The van der Waals surface area contributed by atoms with Crippen LogP contribution in [0.15, 0.2) is 9.59 Å². The fourth-order valence-corrected chi connectivity index (χ4v) is 3.25. The van der Waals surface area contributed by atoms with Crippen molar-refractivity contribution in [3.8, 4) is 5.75 Å². The van der Waals surface area contributed by atoms with Crippen molar-refractivity contribution < 1.29 is 13.5 Å². The van der Waals surface area contributed by atoms with Gasteiger partial charge in [0.2, 0.25) is 0 Å². The van der Waals surface area contributed by atoms with Crippen LogP contribution >= 0.6 is 11.3 Å². The van der Waals surface area contributed by atoms with Crippen molar-refractivity contribution in [2.75, 3.05) is 14.1 Å². The van der Waals surface area contributed by atoms with E-state index in [4.69, 9.17) is 0 Å². The Labute approximate surface area is 81.5 Å². The minimum Gasteiger partial charge on any atom is -0.505 e. The van der Waals surface area contributed by atoms with E-state index in [1.807, 2.05) is 0 Å². The maximum absolute atomic E-state index is 11.5. The average Bonchev–Trinajstić information content (AvgIpc) is 2.33. The van der Waals surface area contributed by atoms with E-state index in [-0.39, 0.29) is 9.96 Å². The van der Waals surface area contributed by atoms with E-state index in [9.17, 15) is 13.5 Å². The summed E-state index contributed by atoms with van der Waals surface area (Å²) in [6, 6.07) is 0. The third kappa shape index (κ3) is 1.70. The highest BCUT2D eigenvalue weighted by Crippen LogP contribution is 2.33. The Bertz CT molecular complexity index is 405. The summed E-state index contributed by atoms with van der Waals surface area (Å²) in [5, 5.41) is 11.0. The molecule has 4 nitrogen and oxygen atoms in total. The molecule has 0 unspecified atom stereocenters. The SMILES string of the molecule is Cc1csc(S(=O)(=O)N(C)C)c1O. The topological polar surface area (TPSA) is 57.6 Å². The molecule has 0 saturated carbocycles. The lowest BCUT2D eigenvalue weighted by Gasteiger charge is -2.09. The standard InChI is InChI=1S/C7H11NO3S2/c1-5-4-12-7(6(5)9)13(10,11)8(2)3/h4,9H,1-3H3. The summed E-state index contributed by atoms with van der Waals surface area (Å²) in [4.78, 5) is 0. The van der Waals surface area contributed by atoms with Crippen LogP contribution in [0.5, 0.6) is 5.75 Å². The zero-order valence-corrected chi connectivity index (χ0v) is 9.24. The van der Waals surface area contributed by atoms with E-state index in [2.05, 4.69) is 0 Å². The number of thiophene rings is 1. The van der Waals surface area contributed by atoms with Crippen LogP contribution in [0.1, 0.15) is 5.56 Å². The molecule has 0 aliphatic carbocycles. The zero-order valence-electron chi connectivity index (χ0n) is 7.60. The molecule has 13 heavy (non-hydrogen) atoms. The van der Waals surface area contributed by atoms with Crippen LogP contribution in [0, 0.1) is 6.92 Å². The molecule has 0 fully saturated rings. The molecule has 1 aromatic rings. The molecule has 0 aliphatic rings. The number of aryl methyl sites for hydroxylation is 1. The third-order valence-electron chi connectivity index (χ3n) is 1.62. The minimum absolute atomic E-state index is 0.00926. The first-order chi connectivity index (χ1) is 5.87. The van der Waals surface area contributed by atoms with Crippen molar-refractivity contribution >= 4 is 21.4 Å². The van der Waals surface area contributed by atoms with E-state index in [0.29, 0.717) is 5.56 Å². The molecule has 0 spiro atoms. The van der Waals surface area contributed by atoms with Crippen LogP contribution in [-0.2, 0) is 10.0 Å². The predicted molar refractivity (Wildman–Crippen MR) is 51.6 cm³/mol. The predicted octanol–water partition coefficient (Wildman–Crippen LogP) is 1.01. The van der Waals surface area contributed by atoms with Crippen LogP contribution in [0.4, 0.5) is 0 Å². The first-order valence-electron chi connectivity index (χ1n) is 3.57. The van der Waals surface area contributed by atoms with Gasteiger partial charge in [-0.05, 0) is 12.3 Å². The summed E-state index contributed by atoms with van der Waals surface area (Å²) in [5.74, 6) is -0.140. The Balaban J connectivity index is 3.32. The number of aromatic hydroxyl groups is 1. The summed E-state index contributed by atoms with van der Waals surface area (Å²) in [7, 11) is -0.616. The van der Waals surface area contributed by atoms with Crippen molar-refractivity contribution in [3.05, 3.63) is 10.9 Å². The smallest absolute Gasteiger partial charge is 0.255 e. The fraction of sp³-hybridized carbons (Fsp3) is 0.429. The van der Waals surface area contributed by atoms with Crippen molar-refractivity contribution in [1.82, 2.24) is 4.31 Å². The van der Waals surface area contributed by atoms with Crippen LogP contribution in [0.2, 0.25) is 0 Å². The Kier molecular flexibility index (Phi) is 2.65. The lowest BCUT2D eigenvalue weighted by molar-refractivity contribution is 0.454. The summed E-state index contributed by atoms with van der Waals surface area (Å²) >= 11 is 1.03. The zero-order chi connectivity index (χ0) is 10.2. The molecular formula is C7H11NO3S2. The Hall–Kier alpha value is -0.590. The number of rotatable bonds is 2. The average molecular weight is 221 g/mol. The van der Waals surface area contributed by atoms with Gasteiger partial charge in [0.25, 0.3) is 10.0 Å². The van der Waals surface area contributed by atoms with Gasteiger partial charge in [-0.1, -0.05) is 0 Å². The monoisotopic (exact) mass is 221 g/mol. The lowest BCUT2D eigenvalue weighted by Crippen LogP contribution is -2.21. The van der Waals surface area contributed by atoms with Crippen LogP contribution in [-0.4, -0.2) is 31.9 Å². The van der Waals surface area contributed by atoms with Gasteiger partial charge in [0.1, 0.15) is 5.75 Å². The molecule has 6 heteroatoms. The van der Waals surface area contributed by atoms with E-state index >= 15 is 0 Å². The highest BCUT2D eigenvalue weighted by Gasteiger charge is 2.24. The van der Waals surface area contributed by atoms with Gasteiger partial charge in [-0.2, -0.15) is 0 Å². The quantitative estimate of drug-likeness (QED) is 0.811. The molecule has 0 atom stereocenters. The van der Waals surface area contributed by atoms with Gasteiger partial charge in [-0.3, -0.25) is 0 Å². The second-order valence-corrected chi connectivity index (χ2v) is 6.07. The van der Waals surface area contributed by atoms with Crippen molar-refractivity contribution in [3.63, 3.8) is 0 Å². The van der Waals surface area contributed by atoms with Crippen LogP contribution in [0.25, 0.3) is 0 Å². The van der Waals surface area contributed by atoms with E-state index < -0.39 is 10.0 Å². The number of nitrogens with zero attached hydrogens (tertiary/aromatic N) is 1. The molecule has 1 N–H and O–H groups in total. The highest BCUT2D eigenvalue weighted by atomic mass is 32.2. The molecular weight excluding hydrogens is 210 g/mol. The van der Waals surface area contributed by atoms with Gasteiger partial charge < -0.3 is 5.11 Å². The van der Waals surface area contributed by atoms with Gasteiger partial charge in [-0.15, -0.1) is 11.3 Å². The second-order valence-electron chi connectivity index (χ2n) is 2.84. The van der Waals surface area contributed by atoms with Crippen LogP contribution < -0.4 is 0 Å². The number of hydrogen-bond donors (Lipinski definition) is 1. The Morgan fingerprint density at radius 1 is 1.46 bits per heavy atom. The fourth-order valence-electron chi connectivity index (χ4n) is 0.763. The summed E-state index contributed by atoms with van der Waals surface area (Å²) in [6.07, 6.45) is 0. The third-order valence-corrected chi connectivity index (χ3v) is 5.05. The van der Waals surface area contributed by atoms with E-state index in [1.54, 1.807) is 12.3 Å². The maximum atomic E-state index is 11.5. The molecule has 0 bridgehead atoms. The highest BCUT2D eigenvalue weighted by molar-refractivity contribution is 7.91.